The summed E-state index contributed by atoms with van der Waals surface area (Å²) in [7, 11) is 0. The van der Waals surface area contributed by atoms with Crippen LogP contribution in [0.1, 0.15) is 32.1 Å². The van der Waals surface area contributed by atoms with Gasteiger partial charge < -0.3 is 10.4 Å². The van der Waals surface area contributed by atoms with Crippen molar-refractivity contribution in [1.82, 2.24) is 5.32 Å². The molecule has 3 nitrogen and oxygen atoms in total. The monoisotopic (exact) mass is 171 g/mol. The first kappa shape index (κ1) is 9.52. The summed E-state index contributed by atoms with van der Waals surface area (Å²) in [6.07, 6.45) is 4.85. The van der Waals surface area contributed by atoms with Gasteiger partial charge in [-0.25, -0.2) is 0 Å². The van der Waals surface area contributed by atoms with Crippen LogP contribution in [0.3, 0.4) is 0 Å². The average Bonchev–Trinajstić information content (AvgIpc) is 2.84. The third kappa shape index (κ3) is 4.34. The molecule has 1 aliphatic carbocycles. The van der Waals surface area contributed by atoms with Crippen LogP contribution in [0.4, 0.5) is 0 Å². The van der Waals surface area contributed by atoms with E-state index in [2.05, 4.69) is 5.32 Å². The van der Waals surface area contributed by atoms with Crippen LogP contribution in [0.2, 0.25) is 0 Å². The van der Waals surface area contributed by atoms with E-state index in [1.165, 1.54) is 12.8 Å². The Morgan fingerprint density at radius 2 is 2.25 bits per heavy atom. The van der Waals surface area contributed by atoms with Crippen molar-refractivity contribution >= 4 is 5.91 Å². The number of nitrogens with one attached hydrogen (secondary N) is 1. The Labute approximate surface area is 73.2 Å². The van der Waals surface area contributed by atoms with Crippen molar-refractivity contribution in [2.75, 3.05) is 13.2 Å². The second kappa shape index (κ2) is 5.14. The van der Waals surface area contributed by atoms with Crippen molar-refractivity contribution in [3.8, 4) is 0 Å². The fourth-order valence-electron chi connectivity index (χ4n) is 1.15. The molecule has 0 atom stereocenters. The number of aliphatic hydroxyl groups is 1. The summed E-state index contributed by atoms with van der Waals surface area (Å²) in [4.78, 5) is 11.0. The Hall–Kier alpha value is -0.570. The van der Waals surface area contributed by atoms with Crippen LogP contribution in [0, 0.1) is 5.92 Å². The third-order valence-electron chi connectivity index (χ3n) is 2.13. The van der Waals surface area contributed by atoms with Crippen LogP contribution in [-0.2, 0) is 4.79 Å². The number of carbonyl (C=O) groups is 1. The molecule has 0 saturated heterocycles. The van der Waals surface area contributed by atoms with Gasteiger partial charge in [-0.3, -0.25) is 4.79 Å². The van der Waals surface area contributed by atoms with E-state index in [1.807, 2.05) is 0 Å². The van der Waals surface area contributed by atoms with E-state index in [0.29, 0.717) is 12.8 Å². The Bertz CT molecular complexity index is 143. The third-order valence-corrected chi connectivity index (χ3v) is 2.13. The van der Waals surface area contributed by atoms with Gasteiger partial charge in [0.2, 0.25) is 5.91 Å². The van der Waals surface area contributed by atoms with Crippen LogP contribution in [0.25, 0.3) is 0 Å². The van der Waals surface area contributed by atoms with Gasteiger partial charge in [0, 0.05) is 19.6 Å². The Balaban J connectivity index is 1.86. The van der Waals surface area contributed by atoms with E-state index in [1.54, 1.807) is 0 Å². The quantitative estimate of drug-likeness (QED) is 0.617. The van der Waals surface area contributed by atoms with Crippen LogP contribution < -0.4 is 5.32 Å². The van der Waals surface area contributed by atoms with E-state index in [4.69, 9.17) is 5.11 Å². The van der Waals surface area contributed by atoms with E-state index in [0.717, 1.165) is 18.9 Å². The topological polar surface area (TPSA) is 49.3 Å². The maximum absolute atomic E-state index is 11.0. The summed E-state index contributed by atoms with van der Waals surface area (Å²) in [6.45, 7) is 0.922. The minimum absolute atomic E-state index is 0.0738. The van der Waals surface area contributed by atoms with Crippen LogP contribution >= 0.6 is 0 Å². The lowest BCUT2D eigenvalue weighted by Gasteiger charge is -2.02. The summed E-state index contributed by atoms with van der Waals surface area (Å²) in [5, 5.41) is 11.3. The van der Waals surface area contributed by atoms with E-state index in [-0.39, 0.29) is 12.5 Å². The second-order valence-electron chi connectivity index (χ2n) is 3.41. The zero-order valence-corrected chi connectivity index (χ0v) is 7.38. The molecule has 0 unspecified atom stereocenters. The minimum atomic E-state index is 0.0738. The molecule has 0 heterocycles. The molecule has 0 aromatic heterocycles. The molecule has 1 aliphatic rings. The Morgan fingerprint density at radius 1 is 1.50 bits per heavy atom. The molecule has 0 spiro atoms. The predicted molar refractivity (Wildman–Crippen MR) is 46.7 cm³/mol. The first-order chi connectivity index (χ1) is 5.83. The molecule has 12 heavy (non-hydrogen) atoms. The van der Waals surface area contributed by atoms with Gasteiger partial charge in [-0.05, 0) is 18.8 Å². The number of rotatable bonds is 6. The molecular weight excluding hydrogens is 154 g/mol. The highest BCUT2D eigenvalue weighted by Gasteiger charge is 2.20. The molecule has 0 aliphatic heterocycles. The summed E-state index contributed by atoms with van der Waals surface area (Å²) in [5.41, 5.74) is 0. The minimum Gasteiger partial charge on any atom is -0.396 e. The van der Waals surface area contributed by atoms with Crippen molar-refractivity contribution < 1.29 is 9.90 Å². The lowest BCUT2D eigenvalue weighted by molar-refractivity contribution is -0.121. The van der Waals surface area contributed by atoms with Crippen LogP contribution in [-0.4, -0.2) is 24.2 Å². The molecule has 0 aromatic rings. The first-order valence-electron chi connectivity index (χ1n) is 4.70. The van der Waals surface area contributed by atoms with Gasteiger partial charge in [0.25, 0.3) is 0 Å². The smallest absolute Gasteiger partial charge is 0.220 e. The lowest BCUT2D eigenvalue weighted by atomic mass is 10.2. The van der Waals surface area contributed by atoms with Crippen molar-refractivity contribution in [2.24, 2.45) is 5.92 Å². The zero-order chi connectivity index (χ0) is 8.81. The maximum atomic E-state index is 11.0. The molecule has 2 N–H and O–H groups in total. The number of aliphatic hydroxyl groups excluding tert-OH is 1. The van der Waals surface area contributed by atoms with Gasteiger partial charge in [-0.1, -0.05) is 12.8 Å². The standard InChI is InChI=1S/C9H17NO2/c11-7-1-2-9(12)10-6-5-8-3-4-8/h8,11H,1-7H2,(H,10,12). The molecule has 0 radical (unpaired) electrons. The van der Waals surface area contributed by atoms with Crippen LogP contribution in [0.5, 0.6) is 0 Å². The summed E-state index contributed by atoms with van der Waals surface area (Å²) in [6, 6.07) is 0. The first-order valence-corrected chi connectivity index (χ1v) is 4.70. The fraction of sp³-hybridized carbons (Fsp3) is 0.889. The van der Waals surface area contributed by atoms with Crippen molar-refractivity contribution in [3.05, 3.63) is 0 Å². The number of carbonyl (C=O) groups excluding carboxylic acids is 1. The largest absolute Gasteiger partial charge is 0.396 e. The highest BCUT2D eigenvalue weighted by molar-refractivity contribution is 5.75. The SMILES string of the molecule is O=C(CCCO)NCCC1CC1. The highest BCUT2D eigenvalue weighted by atomic mass is 16.3. The Kier molecular flexibility index (Phi) is 4.08. The van der Waals surface area contributed by atoms with Gasteiger partial charge in [-0.2, -0.15) is 0 Å². The number of amides is 1. The van der Waals surface area contributed by atoms with Gasteiger partial charge in [0.05, 0.1) is 0 Å². The van der Waals surface area contributed by atoms with Crippen molar-refractivity contribution in [1.29, 1.82) is 0 Å². The fourth-order valence-corrected chi connectivity index (χ4v) is 1.15. The van der Waals surface area contributed by atoms with E-state index >= 15 is 0 Å². The Morgan fingerprint density at radius 3 is 2.83 bits per heavy atom. The van der Waals surface area contributed by atoms with Gasteiger partial charge in [-0.15, -0.1) is 0 Å². The normalized spacial score (nSPS) is 16.1. The molecular formula is C9H17NO2. The molecule has 70 valence electrons. The van der Waals surface area contributed by atoms with Crippen molar-refractivity contribution in [2.45, 2.75) is 32.1 Å². The number of hydrogen-bond donors (Lipinski definition) is 2. The maximum Gasteiger partial charge on any atom is 0.220 e. The average molecular weight is 171 g/mol. The molecule has 0 bridgehead atoms. The lowest BCUT2D eigenvalue weighted by Crippen LogP contribution is -2.24. The van der Waals surface area contributed by atoms with Gasteiger partial charge >= 0.3 is 0 Å². The molecule has 0 aromatic carbocycles. The van der Waals surface area contributed by atoms with Gasteiger partial charge in [0.15, 0.2) is 0 Å². The van der Waals surface area contributed by atoms with Crippen LogP contribution in [0.15, 0.2) is 0 Å². The summed E-state index contributed by atoms with van der Waals surface area (Å²) in [5.74, 6) is 0.952. The molecule has 1 amide bonds. The molecule has 1 rings (SSSR count). The summed E-state index contributed by atoms with van der Waals surface area (Å²) >= 11 is 0. The molecule has 1 fully saturated rings. The highest BCUT2D eigenvalue weighted by Crippen LogP contribution is 2.31. The van der Waals surface area contributed by atoms with E-state index < -0.39 is 0 Å². The van der Waals surface area contributed by atoms with Crippen molar-refractivity contribution in [3.63, 3.8) is 0 Å². The summed E-state index contributed by atoms with van der Waals surface area (Å²) < 4.78 is 0. The van der Waals surface area contributed by atoms with Gasteiger partial charge in [0.1, 0.15) is 0 Å². The predicted octanol–water partition coefficient (Wildman–Crippen LogP) is 0.675. The molecule has 1 saturated carbocycles. The molecule has 3 heteroatoms. The second-order valence-corrected chi connectivity index (χ2v) is 3.41. The number of hydrogen-bond acceptors (Lipinski definition) is 2. The van der Waals surface area contributed by atoms with E-state index in [9.17, 15) is 4.79 Å². The zero-order valence-electron chi connectivity index (χ0n) is 7.38.